The third-order valence-corrected chi connectivity index (χ3v) is 8.02. The number of carbonyl (C=O) groups excluding carboxylic acids is 1. The van der Waals surface area contributed by atoms with Crippen molar-refractivity contribution in [3.63, 3.8) is 0 Å². The highest BCUT2D eigenvalue weighted by Gasteiger charge is 2.32. The van der Waals surface area contributed by atoms with Crippen molar-refractivity contribution in [2.45, 2.75) is 16.8 Å². The molecule has 3 aromatic rings. The van der Waals surface area contributed by atoms with Crippen LogP contribution in [0.2, 0.25) is 0 Å². The molecule has 9 nitrogen and oxygen atoms in total. The fourth-order valence-corrected chi connectivity index (χ4v) is 5.68. The topological polar surface area (TPSA) is 106 Å². The van der Waals surface area contributed by atoms with E-state index >= 15 is 0 Å². The van der Waals surface area contributed by atoms with Crippen LogP contribution in [0.5, 0.6) is 5.75 Å². The molecule has 0 aliphatic carbocycles. The molecule has 0 spiro atoms. The molecule has 0 atom stereocenters. The molecule has 0 N–H and O–H groups in total. The van der Waals surface area contributed by atoms with Gasteiger partial charge in [-0.15, -0.1) is 11.8 Å². The molecule has 174 valence electrons. The number of methoxy groups -OCH3 is 1. The van der Waals surface area contributed by atoms with Crippen molar-refractivity contribution in [2.75, 3.05) is 39.5 Å². The van der Waals surface area contributed by atoms with Crippen LogP contribution in [-0.4, -0.2) is 73.0 Å². The Hall–Kier alpha value is -2.89. The number of hydrogen-bond acceptors (Lipinski definition) is 8. The lowest BCUT2D eigenvalue weighted by Crippen LogP contribution is -2.50. The number of carbonyl (C=O) groups is 1. The van der Waals surface area contributed by atoms with Crippen LogP contribution in [0.15, 0.2) is 57.0 Å². The van der Waals surface area contributed by atoms with Gasteiger partial charge in [-0.2, -0.15) is 4.31 Å². The molecular weight excluding hydrogens is 464 g/mol. The highest BCUT2D eigenvalue weighted by molar-refractivity contribution is 7.98. The Morgan fingerprint density at radius 3 is 2.36 bits per heavy atom. The molecule has 0 saturated carbocycles. The predicted octanol–water partition coefficient (Wildman–Crippen LogP) is 2.92. The van der Waals surface area contributed by atoms with Crippen LogP contribution in [0.25, 0.3) is 11.6 Å². The number of thioether (sulfide) groups is 1. The summed E-state index contributed by atoms with van der Waals surface area (Å²) in [7, 11) is -2.12. The Kier molecular flexibility index (Phi) is 6.73. The molecule has 0 radical (unpaired) electrons. The molecule has 2 aromatic heterocycles. The van der Waals surface area contributed by atoms with Crippen molar-refractivity contribution in [3.05, 3.63) is 53.9 Å². The van der Waals surface area contributed by atoms with Crippen molar-refractivity contribution in [1.29, 1.82) is 0 Å². The molecule has 11 heteroatoms. The average Bonchev–Trinajstić information content (AvgIpc) is 3.38. The molecule has 0 unspecified atom stereocenters. The van der Waals surface area contributed by atoms with Gasteiger partial charge in [0.2, 0.25) is 10.0 Å². The van der Waals surface area contributed by atoms with E-state index in [0.717, 1.165) is 0 Å². The minimum Gasteiger partial charge on any atom is -0.497 e. The number of amides is 1. The zero-order valence-electron chi connectivity index (χ0n) is 18.5. The van der Waals surface area contributed by atoms with Crippen LogP contribution in [0.4, 0.5) is 0 Å². The lowest BCUT2D eigenvalue weighted by atomic mass is 10.2. The van der Waals surface area contributed by atoms with E-state index in [0.29, 0.717) is 33.6 Å². The van der Waals surface area contributed by atoms with Crippen molar-refractivity contribution >= 4 is 27.7 Å². The Labute approximate surface area is 196 Å². The van der Waals surface area contributed by atoms with Crippen LogP contribution in [-0.2, 0) is 10.0 Å². The number of furan rings is 1. The Morgan fingerprint density at radius 1 is 1.09 bits per heavy atom. The quantitative estimate of drug-likeness (QED) is 0.385. The summed E-state index contributed by atoms with van der Waals surface area (Å²) in [5.74, 6) is 1.34. The number of sulfonamides is 1. The summed E-state index contributed by atoms with van der Waals surface area (Å²) in [5, 5.41) is 0.562. The maximum Gasteiger partial charge on any atom is 0.258 e. The molecule has 33 heavy (non-hydrogen) atoms. The second-order valence-electron chi connectivity index (χ2n) is 7.37. The van der Waals surface area contributed by atoms with Crippen molar-refractivity contribution in [2.24, 2.45) is 0 Å². The summed E-state index contributed by atoms with van der Waals surface area (Å²) in [5.41, 5.74) is 0.989. The summed E-state index contributed by atoms with van der Waals surface area (Å²) in [4.78, 5) is 24.2. The van der Waals surface area contributed by atoms with E-state index in [1.54, 1.807) is 42.4 Å². The van der Waals surface area contributed by atoms with Crippen LogP contribution in [0.1, 0.15) is 16.1 Å². The maximum absolute atomic E-state index is 13.3. The number of rotatable bonds is 6. The third kappa shape index (κ3) is 4.61. The van der Waals surface area contributed by atoms with E-state index in [9.17, 15) is 13.2 Å². The lowest BCUT2D eigenvalue weighted by molar-refractivity contribution is 0.0692. The van der Waals surface area contributed by atoms with Gasteiger partial charge in [-0.25, -0.2) is 18.4 Å². The Bertz CT molecular complexity index is 1240. The van der Waals surface area contributed by atoms with E-state index in [-0.39, 0.29) is 37.0 Å². The van der Waals surface area contributed by atoms with Crippen LogP contribution < -0.4 is 4.74 Å². The number of aromatic nitrogens is 2. The number of ether oxygens (including phenoxy) is 1. The summed E-state index contributed by atoms with van der Waals surface area (Å²) >= 11 is 1.36. The molecular formula is C22H24N4O5S2. The van der Waals surface area contributed by atoms with Crippen LogP contribution in [0, 0.1) is 6.92 Å². The largest absolute Gasteiger partial charge is 0.497 e. The van der Waals surface area contributed by atoms with E-state index in [1.807, 2.05) is 6.26 Å². The van der Waals surface area contributed by atoms with Gasteiger partial charge in [0.05, 0.1) is 29.5 Å². The first-order valence-electron chi connectivity index (χ1n) is 10.2. The monoisotopic (exact) mass is 488 g/mol. The molecule has 1 aromatic carbocycles. The van der Waals surface area contributed by atoms with Gasteiger partial charge >= 0.3 is 0 Å². The average molecular weight is 489 g/mol. The molecule has 4 rings (SSSR count). The number of benzene rings is 1. The van der Waals surface area contributed by atoms with Gasteiger partial charge in [0.25, 0.3) is 5.91 Å². The van der Waals surface area contributed by atoms with Crippen molar-refractivity contribution in [1.82, 2.24) is 19.2 Å². The normalized spacial score (nSPS) is 14.9. The minimum absolute atomic E-state index is 0.200. The van der Waals surface area contributed by atoms with Gasteiger partial charge in [0.1, 0.15) is 10.8 Å². The second kappa shape index (κ2) is 9.54. The van der Waals surface area contributed by atoms with Gasteiger partial charge in [0.15, 0.2) is 11.6 Å². The van der Waals surface area contributed by atoms with Gasteiger partial charge < -0.3 is 14.1 Å². The third-order valence-electron chi connectivity index (χ3n) is 5.43. The zero-order valence-corrected chi connectivity index (χ0v) is 20.1. The lowest BCUT2D eigenvalue weighted by Gasteiger charge is -2.34. The van der Waals surface area contributed by atoms with E-state index in [4.69, 9.17) is 9.15 Å². The highest BCUT2D eigenvalue weighted by atomic mass is 32.2. The predicted molar refractivity (Wildman–Crippen MR) is 124 cm³/mol. The number of aryl methyl sites for hydroxylation is 1. The fraction of sp³-hybridized carbons (Fsp3) is 0.318. The standard InChI is InChI=1S/C22H24N4O5S2/c1-15-19(21(32-3)24-20(23-15)18-5-4-14-31-18)22(27)25-10-12-26(13-11-25)33(28,29)17-8-6-16(30-2)7-9-17/h4-9,14H,10-13H2,1-3H3. The van der Waals surface area contributed by atoms with E-state index in [1.165, 1.54) is 35.3 Å². The summed E-state index contributed by atoms with van der Waals surface area (Å²) in [6.45, 7) is 2.74. The first kappa shape index (κ1) is 23.3. The van der Waals surface area contributed by atoms with Gasteiger partial charge in [-0.1, -0.05) is 0 Å². The second-order valence-corrected chi connectivity index (χ2v) is 10.1. The van der Waals surface area contributed by atoms with E-state index < -0.39 is 10.0 Å². The van der Waals surface area contributed by atoms with Gasteiger partial charge in [-0.05, 0) is 49.6 Å². The molecule has 3 heterocycles. The van der Waals surface area contributed by atoms with Crippen LogP contribution in [0.3, 0.4) is 0 Å². The van der Waals surface area contributed by atoms with Crippen LogP contribution >= 0.6 is 11.8 Å². The molecule has 1 amide bonds. The van der Waals surface area contributed by atoms with E-state index in [2.05, 4.69) is 9.97 Å². The molecule has 1 aliphatic rings. The summed E-state index contributed by atoms with van der Waals surface area (Å²) in [6, 6.07) is 9.81. The first-order valence-corrected chi connectivity index (χ1v) is 12.9. The van der Waals surface area contributed by atoms with Gasteiger partial charge in [-0.3, -0.25) is 4.79 Å². The highest BCUT2D eigenvalue weighted by Crippen LogP contribution is 2.27. The Morgan fingerprint density at radius 2 is 1.79 bits per heavy atom. The van der Waals surface area contributed by atoms with Crippen molar-refractivity contribution < 1.29 is 22.4 Å². The minimum atomic E-state index is -3.65. The SMILES string of the molecule is COc1ccc(S(=O)(=O)N2CCN(C(=O)c3c(C)nc(-c4ccco4)nc3SC)CC2)cc1. The number of hydrogen-bond donors (Lipinski definition) is 0. The van der Waals surface area contributed by atoms with Gasteiger partial charge in [0, 0.05) is 26.2 Å². The molecule has 1 fully saturated rings. The van der Waals surface area contributed by atoms with Crippen molar-refractivity contribution in [3.8, 4) is 17.3 Å². The smallest absolute Gasteiger partial charge is 0.258 e. The molecule has 1 saturated heterocycles. The first-order chi connectivity index (χ1) is 15.8. The number of piperazine rings is 1. The fourth-order valence-electron chi connectivity index (χ4n) is 3.64. The summed E-state index contributed by atoms with van der Waals surface area (Å²) < 4.78 is 37.9. The number of nitrogens with zero attached hydrogens (tertiary/aromatic N) is 4. The maximum atomic E-state index is 13.3. The molecule has 1 aliphatic heterocycles. The summed E-state index contributed by atoms with van der Waals surface area (Å²) in [6.07, 6.45) is 3.40. The molecule has 0 bridgehead atoms. The Balaban J connectivity index is 1.50. The zero-order chi connectivity index (χ0) is 23.6.